The van der Waals surface area contributed by atoms with Gasteiger partial charge in [0.1, 0.15) is 11.5 Å². The second-order valence-corrected chi connectivity index (χ2v) is 9.27. The number of likely N-dealkylation sites (tertiary alicyclic amines) is 1. The smallest absolute Gasteiger partial charge is 0.295 e. The molecule has 1 aromatic heterocycles. The molecule has 1 N–H and O–H groups in total. The van der Waals surface area contributed by atoms with Crippen LogP contribution < -0.4 is 4.74 Å². The van der Waals surface area contributed by atoms with E-state index in [4.69, 9.17) is 4.74 Å². The van der Waals surface area contributed by atoms with Crippen molar-refractivity contribution in [3.05, 3.63) is 57.3 Å². The fraction of sp³-hybridized carbons (Fsp3) is 0.417. The topological polar surface area (TPSA) is 66.8 Å². The molecule has 6 heteroatoms. The third kappa shape index (κ3) is 3.23. The predicted molar refractivity (Wildman–Crippen MR) is 116 cm³/mol. The van der Waals surface area contributed by atoms with Gasteiger partial charge >= 0.3 is 0 Å². The van der Waals surface area contributed by atoms with E-state index in [2.05, 4.69) is 0 Å². The Kier molecular flexibility index (Phi) is 5.11. The van der Waals surface area contributed by atoms with E-state index in [1.807, 2.05) is 29.6 Å². The normalized spacial score (nSPS) is 24.0. The number of rotatable bonds is 3. The summed E-state index contributed by atoms with van der Waals surface area (Å²) in [6.07, 6.45) is 6.92. The summed E-state index contributed by atoms with van der Waals surface area (Å²) in [5, 5.41) is 13.2. The van der Waals surface area contributed by atoms with Gasteiger partial charge in [-0.05, 0) is 60.9 Å². The Balaban J connectivity index is 1.61. The van der Waals surface area contributed by atoms with Crippen LogP contribution in [0, 0.1) is 0 Å². The lowest BCUT2D eigenvalue weighted by atomic mass is 9.92. The van der Waals surface area contributed by atoms with Crippen LogP contribution >= 0.6 is 11.3 Å². The first-order valence-corrected chi connectivity index (χ1v) is 11.6. The lowest BCUT2D eigenvalue weighted by Gasteiger charge is -2.34. The number of aryl methyl sites for hydroxylation is 1. The Labute approximate surface area is 180 Å². The number of amides is 1. The number of carbonyl (C=O) groups excluding carboxylic acids is 2. The Hall–Kier alpha value is -2.60. The molecule has 2 aromatic rings. The van der Waals surface area contributed by atoms with Crippen LogP contribution in [0.5, 0.6) is 5.75 Å². The van der Waals surface area contributed by atoms with E-state index < -0.39 is 17.7 Å². The molecule has 1 aliphatic carbocycles. The van der Waals surface area contributed by atoms with Crippen molar-refractivity contribution in [2.45, 2.75) is 57.0 Å². The zero-order valence-corrected chi connectivity index (χ0v) is 17.6. The van der Waals surface area contributed by atoms with Crippen molar-refractivity contribution in [3.8, 4) is 5.75 Å². The number of hydrogen-bond donors (Lipinski definition) is 1. The number of thiophene rings is 1. The molecule has 1 saturated carbocycles. The van der Waals surface area contributed by atoms with Gasteiger partial charge < -0.3 is 14.7 Å². The predicted octanol–water partition coefficient (Wildman–Crippen LogP) is 4.83. The molecular weight excluding hydrogens is 398 g/mol. The molecule has 5 rings (SSSR count). The number of Topliss-reactive ketones (excluding diaryl/α,β-unsaturated/α-hetero) is 1. The Morgan fingerprint density at radius 3 is 2.70 bits per heavy atom. The molecule has 3 heterocycles. The van der Waals surface area contributed by atoms with Gasteiger partial charge in [0, 0.05) is 16.5 Å². The van der Waals surface area contributed by atoms with Crippen molar-refractivity contribution in [3.63, 3.8) is 0 Å². The van der Waals surface area contributed by atoms with Crippen molar-refractivity contribution in [2.24, 2.45) is 0 Å². The van der Waals surface area contributed by atoms with E-state index in [-0.39, 0.29) is 17.4 Å². The molecule has 3 aliphatic rings. The van der Waals surface area contributed by atoms with E-state index in [0.717, 1.165) is 54.7 Å². The maximum atomic E-state index is 13.1. The molecule has 1 saturated heterocycles. The molecule has 5 nitrogen and oxygen atoms in total. The molecule has 2 fully saturated rings. The van der Waals surface area contributed by atoms with Gasteiger partial charge in [0.2, 0.25) is 0 Å². The van der Waals surface area contributed by atoms with Gasteiger partial charge in [0.05, 0.1) is 18.2 Å². The highest BCUT2D eigenvalue weighted by molar-refractivity contribution is 7.10. The zero-order chi connectivity index (χ0) is 20.7. The van der Waals surface area contributed by atoms with E-state index in [1.54, 1.807) is 11.0 Å². The zero-order valence-electron chi connectivity index (χ0n) is 16.8. The fourth-order valence-electron chi connectivity index (χ4n) is 4.98. The summed E-state index contributed by atoms with van der Waals surface area (Å²) in [6, 6.07) is 8.93. The van der Waals surface area contributed by atoms with Gasteiger partial charge in [-0.3, -0.25) is 9.59 Å². The largest absolute Gasteiger partial charge is 0.507 e. The van der Waals surface area contributed by atoms with Crippen LogP contribution in [0.4, 0.5) is 0 Å². The first-order valence-electron chi connectivity index (χ1n) is 10.7. The number of fused-ring (bicyclic) bond motifs is 1. The maximum Gasteiger partial charge on any atom is 0.295 e. The van der Waals surface area contributed by atoms with Gasteiger partial charge in [0.25, 0.3) is 11.7 Å². The molecule has 0 spiro atoms. The minimum absolute atomic E-state index is 0.0459. The summed E-state index contributed by atoms with van der Waals surface area (Å²) in [5.74, 6) is -0.317. The van der Waals surface area contributed by atoms with Crippen LogP contribution in [0.1, 0.15) is 60.6 Å². The fourth-order valence-corrected chi connectivity index (χ4v) is 5.81. The van der Waals surface area contributed by atoms with Crippen LogP contribution in [0.25, 0.3) is 5.76 Å². The number of nitrogens with zero attached hydrogens (tertiary/aromatic N) is 1. The second kappa shape index (κ2) is 7.91. The number of aliphatic hydroxyl groups excluding tert-OH is 1. The minimum atomic E-state index is -0.578. The van der Waals surface area contributed by atoms with Crippen molar-refractivity contribution < 1.29 is 19.4 Å². The van der Waals surface area contributed by atoms with Crippen molar-refractivity contribution in [1.82, 2.24) is 4.90 Å². The van der Waals surface area contributed by atoms with Crippen LogP contribution in [0.15, 0.2) is 41.3 Å². The van der Waals surface area contributed by atoms with Crippen LogP contribution in [-0.4, -0.2) is 34.3 Å². The second-order valence-electron chi connectivity index (χ2n) is 8.29. The highest BCUT2D eigenvalue weighted by Crippen LogP contribution is 2.44. The standard InChI is InChI=1S/C24H25NO4S/c26-22(16-10-11-18-15(14-16)6-4-12-29-18)20-21(19-9-5-13-30-19)25(24(28)23(20)27)17-7-2-1-3-8-17/h5,9-11,13-14,17,21,26H,1-4,6-8,12H2/b22-20-. The summed E-state index contributed by atoms with van der Waals surface area (Å²) >= 11 is 1.52. The third-order valence-electron chi connectivity index (χ3n) is 6.44. The Bertz CT molecular complexity index is 1000. The van der Waals surface area contributed by atoms with Crippen molar-refractivity contribution in [1.29, 1.82) is 0 Å². The average molecular weight is 424 g/mol. The summed E-state index contributed by atoms with van der Waals surface area (Å²) in [5.41, 5.74) is 1.81. The molecule has 2 aliphatic heterocycles. The van der Waals surface area contributed by atoms with Crippen LogP contribution in [-0.2, 0) is 16.0 Å². The van der Waals surface area contributed by atoms with Gasteiger partial charge in [-0.1, -0.05) is 25.3 Å². The van der Waals surface area contributed by atoms with Gasteiger partial charge in [-0.15, -0.1) is 11.3 Å². The first kappa shape index (κ1) is 19.4. The number of benzene rings is 1. The maximum absolute atomic E-state index is 13.1. The van der Waals surface area contributed by atoms with Crippen LogP contribution in [0.3, 0.4) is 0 Å². The SMILES string of the molecule is O=C1C(=O)N(C2CCCCC2)C(c2cccs2)/C1=C(/O)c1ccc2c(c1)CCCO2. The summed E-state index contributed by atoms with van der Waals surface area (Å²) in [4.78, 5) is 28.9. The number of ether oxygens (including phenoxy) is 1. The lowest BCUT2D eigenvalue weighted by molar-refractivity contribution is -0.141. The van der Waals surface area contributed by atoms with E-state index >= 15 is 0 Å². The number of aliphatic hydroxyl groups is 1. The first-order chi connectivity index (χ1) is 14.6. The quantitative estimate of drug-likeness (QED) is 0.436. The number of hydrogen-bond acceptors (Lipinski definition) is 5. The van der Waals surface area contributed by atoms with E-state index in [1.165, 1.54) is 17.8 Å². The molecule has 0 bridgehead atoms. The molecule has 1 aromatic carbocycles. The number of ketones is 1. The summed E-state index contributed by atoms with van der Waals surface area (Å²) < 4.78 is 5.67. The minimum Gasteiger partial charge on any atom is -0.507 e. The molecule has 30 heavy (non-hydrogen) atoms. The molecule has 0 radical (unpaired) electrons. The van der Waals surface area contributed by atoms with E-state index in [9.17, 15) is 14.7 Å². The molecule has 1 amide bonds. The molecule has 156 valence electrons. The van der Waals surface area contributed by atoms with Gasteiger partial charge in [-0.2, -0.15) is 0 Å². The monoisotopic (exact) mass is 423 g/mol. The van der Waals surface area contributed by atoms with E-state index in [0.29, 0.717) is 12.2 Å². The lowest BCUT2D eigenvalue weighted by Crippen LogP contribution is -2.40. The molecule has 1 unspecified atom stereocenters. The highest BCUT2D eigenvalue weighted by atomic mass is 32.1. The van der Waals surface area contributed by atoms with Crippen molar-refractivity contribution in [2.75, 3.05) is 6.61 Å². The number of carbonyl (C=O) groups is 2. The third-order valence-corrected chi connectivity index (χ3v) is 7.37. The Morgan fingerprint density at radius 2 is 1.93 bits per heavy atom. The summed E-state index contributed by atoms with van der Waals surface area (Å²) in [6.45, 7) is 0.698. The Morgan fingerprint density at radius 1 is 1.10 bits per heavy atom. The van der Waals surface area contributed by atoms with Crippen molar-refractivity contribution >= 4 is 28.8 Å². The van der Waals surface area contributed by atoms with Gasteiger partial charge in [0.15, 0.2) is 0 Å². The molecule has 1 atom stereocenters. The van der Waals surface area contributed by atoms with Gasteiger partial charge in [-0.25, -0.2) is 0 Å². The molecular formula is C24H25NO4S. The van der Waals surface area contributed by atoms with Crippen LogP contribution in [0.2, 0.25) is 0 Å². The highest BCUT2D eigenvalue weighted by Gasteiger charge is 2.49. The summed E-state index contributed by atoms with van der Waals surface area (Å²) in [7, 11) is 0. The average Bonchev–Trinajstić information content (AvgIpc) is 3.40.